The summed E-state index contributed by atoms with van der Waals surface area (Å²) in [5.41, 5.74) is 0.224. The first-order valence-corrected chi connectivity index (χ1v) is 7.94. The summed E-state index contributed by atoms with van der Waals surface area (Å²) in [6.07, 6.45) is 2.02. The lowest BCUT2D eigenvalue weighted by Gasteiger charge is -2.13. The van der Waals surface area contributed by atoms with Gasteiger partial charge in [0.25, 0.3) is 0 Å². The summed E-state index contributed by atoms with van der Waals surface area (Å²) in [6, 6.07) is 0. The fourth-order valence-electron chi connectivity index (χ4n) is 3.17. The Kier molecular flexibility index (Phi) is 4.84. The first kappa shape index (κ1) is 18.6. The Morgan fingerprint density at radius 2 is 1.67 bits per heavy atom. The number of benzene rings is 1. The Morgan fingerprint density at radius 3 is 2.21 bits per heavy atom. The van der Waals surface area contributed by atoms with Gasteiger partial charge in [0, 0.05) is 11.1 Å². The van der Waals surface area contributed by atoms with Gasteiger partial charge in [-0.3, -0.25) is 4.79 Å². The van der Waals surface area contributed by atoms with E-state index < -0.39 is 30.0 Å². The van der Waals surface area contributed by atoms with Gasteiger partial charge in [0.1, 0.15) is 12.4 Å². The van der Waals surface area contributed by atoms with Crippen molar-refractivity contribution in [3.63, 3.8) is 0 Å². The molecular weight excluding hydrogens is 317 g/mol. The molecule has 2 atom stereocenters. The van der Waals surface area contributed by atoms with Crippen LogP contribution in [0.5, 0.6) is 0 Å². The van der Waals surface area contributed by atoms with Crippen molar-refractivity contribution in [3.05, 3.63) is 45.8 Å². The van der Waals surface area contributed by atoms with E-state index in [4.69, 9.17) is 4.74 Å². The standard InChI is InChI=1S/C19H23F3O2/c1-9(2)7-13-14(19(13,5)6)18(23)24-8-12-10(3)15(20)11(4)16(21)17(12)22/h7,13-14H,8H2,1-6H3. The van der Waals surface area contributed by atoms with Crippen LogP contribution in [0, 0.1) is 48.5 Å². The normalized spacial score (nSPS) is 21.4. The first-order chi connectivity index (χ1) is 11.0. The highest BCUT2D eigenvalue weighted by Crippen LogP contribution is 2.59. The minimum absolute atomic E-state index is 0.0323. The molecule has 0 amide bonds. The van der Waals surface area contributed by atoms with Crippen LogP contribution >= 0.6 is 0 Å². The molecular formula is C19H23F3O2. The van der Waals surface area contributed by atoms with Crippen molar-refractivity contribution < 1.29 is 22.7 Å². The largest absolute Gasteiger partial charge is 0.460 e. The van der Waals surface area contributed by atoms with E-state index in [1.165, 1.54) is 13.8 Å². The lowest BCUT2D eigenvalue weighted by molar-refractivity contribution is -0.147. The Hall–Kier alpha value is -1.78. The molecule has 1 aromatic rings. The summed E-state index contributed by atoms with van der Waals surface area (Å²) in [7, 11) is 0. The molecule has 1 aliphatic carbocycles. The summed E-state index contributed by atoms with van der Waals surface area (Å²) in [5, 5.41) is 0. The van der Waals surface area contributed by atoms with Crippen LogP contribution in [0.25, 0.3) is 0 Å². The fraction of sp³-hybridized carbons (Fsp3) is 0.526. The minimum atomic E-state index is -1.24. The number of esters is 1. The van der Waals surface area contributed by atoms with Crippen LogP contribution in [0.15, 0.2) is 11.6 Å². The summed E-state index contributed by atoms with van der Waals surface area (Å²) >= 11 is 0. The van der Waals surface area contributed by atoms with Crippen LogP contribution in [0.4, 0.5) is 13.2 Å². The van der Waals surface area contributed by atoms with E-state index in [-0.39, 0.29) is 33.9 Å². The number of ether oxygens (including phenoxy) is 1. The van der Waals surface area contributed by atoms with Crippen molar-refractivity contribution in [1.29, 1.82) is 0 Å². The molecule has 0 spiro atoms. The van der Waals surface area contributed by atoms with Gasteiger partial charge in [0.05, 0.1) is 5.92 Å². The second kappa shape index (κ2) is 6.26. The summed E-state index contributed by atoms with van der Waals surface area (Å²) < 4.78 is 46.8. The minimum Gasteiger partial charge on any atom is -0.460 e. The van der Waals surface area contributed by atoms with Crippen molar-refractivity contribution >= 4 is 5.97 Å². The highest BCUT2D eigenvalue weighted by atomic mass is 19.2. The number of carbonyl (C=O) groups is 1. The van der Waals surface area contributed by atoms with Gasteiger partial charge in [-0.15, -0.1) is 0 Å². The first-order valence-electron chi connectivity index (χ1n) is 7.94. The van der Waals surface area contributed by atoms with Gasteiger partial charge in [-0.25, -0.2) is 13.2 Å². The molecule has 0 N–H and O–H groups in total. The summed E-state index contributed by atoms with van der Waals surface area (Å²) in [5.74, 6) is -3.94. The average molecular weight is 340 g/mol. The maximum Gasteiger partial charge on any atom is 0.310 e. The second-order valence-corrected chi connectivity index (χ2v) is 7.35. The van der Waals surface area contributed by atoms with Crippen LogP contribution < -0.4 is 0 Å². The van der Waals surface area contributed by atoms with Crippen molar-refractivity contribution in [2.24, 2.45) is 17.3 Å². The molecule has 1 saturated carbocycles. The Morgan fingerprint density at radius 1 is 1.08 bits per heavy atom. The molecule has 24 heavy (non-hydrogen) atoms. The Labute approximate surface area is 140 Å². The van der Waals surface area contributed by atoms with Gasteiger partial charge in [-0.1, -0.05) is 25.5 Å². The van der Waals surface area contributed by atoms with Gasteiger partial charge in [-0.2, -0.15) is 0 Å². The molecule has 0 aliphatic heterocycles. The highest BCUT2D eigenvalue weighted by molar-refractivity contribution is 5.78. The molecule has 1 aromatic carbocycles. The number of allylic oxidation sites excluding steroid dienone is 2. The molecule has 2 rings (SSSR count). The molecule has 5 heteroatoms. The van der Waals surface area contributed by atoms with Crippen LogP contribution in [-0.2, 0) is 16.1 Å². The van der Waals surface area contributed by atoms with E-state index in [9.17, 15) is 18.0 Å². The molecule has 132 valence electrons. The number of halogens is 3. The van der Waals surface area contributed by atoms with E-state index in [0.29, 0.717) is 0 Å². The fourth-order valence-corrected chi connectivity index (χ4v) is 3.17. The van der Waals surface area contributed by atoms with Crippen LogP contribution in [0.2, 0.25) is 0 Å². The third-order valence-electron chi connectivity index (χ3n) is 4.93. The van der Waals surface area contributed by atoms with E-state index in [1.807, 2.05) is 33.8 Å². The van der Waals surface area contributed by atoms with Gasteiger partial charge in [0.2, 0.25) is 0 Å². The van der Waals surface area contributed by atoms with Crippen LogP contribution in [-0.4, -0.2) is 5.97 Å². The molecule has 2 nitrogen and oxygen atoms in total. The Balaban J connectivity index is 2.16. The molecule has 0 radical (unpaired) electrons. The van der Waals surface area contributed by atoms with E-state index in [1.54, 1.807) is 0 Å². The van der Waals surface area contributed by atoms with Crippen molar-refractivity contribution in [2.75, 3.05) is 0 Å². The zero-order valence-electron chi connectivity index (χ0n) is 14.9. The number of hydrogen-bond acceptors (Lipinski definition) is 2. The number of rotatable bonds is 4. The molecule has 1 fully saturated rings. The van der Waals surface area contributed by atoms with Gasteiger partial charge in [0.15, 0.2) is 11.6 Å². The molecule has 0 aromatic heterocycles. The predicted octanol–water partition coefficient (Wildman–Crippen LogP) is 5.00. The SMILES string of the molecule is CC(C)=CC1C(C(=O)OCc2c(C)c(F)c(C)c(F)c2F)C1(C)C. The van der Waals surface area contributed by atoms with Gasteiger partial charge in [-0.05, 0) is 44.6 Å². The molecule has 0 bridgehead atoms. The molecule has 0 heterocycles. The lowest BCUT2D eigenvalue weighted by Crippen LogP contribution is -2.13. The van der Waals surface area contributed by atoms with Crippen molar-refractivity contribution in [1.82, 2.24) is 0 Å². The molecule has 1 aliphatic rings. The average Bonchev–Trinajstić information content (AvgIpc) is 3.02. The third-order valence-corrected chi connectivity index (χ3v) is 4.93. The summed E-state index contributed by atoms with van der Waals surface area (Å²) in [4.78, 5) is 12.3. The zero-order chi connectivity index (χ0) is 18.4. The van der Waals surface area contributed by atoms with E-state index in [2.05, 4.69) is 0 Å². The smallest absolute Gasteiger partial charge is 0.310 e. The number of carbonyl (C=O) groups excluding carboxylic acids is 1. The van der Waals surface area contributed by atoms with Crippen LogP contribution in [0.1, 0.15) is 44.4 Å². The lowest BCUT2D eigenvalue weighted by atomic mass is 10.0. The Bertz CT molecular complexity index is 687. The molecule has 2 unspecified atom stereocenters. The zero-order valence-corrected chi connectivity index (χ0v) is 14.9. The quantitative estimate of drug-likeness (QED) is 0.438. The van der Waals surface area contributed by atoms with E-state index >= 15 is 0 Å². The van der Waals surface area contributed by atoms with Gasteiger partial charge >= 0.3 is 5.97 Å². The van der Waals surface area contributed by atoms with Crippen molar-refractivity contribution in [2.45, 2.75) is 48.1 Å². The topological polar surface area (TPSA) is 26.3 Å². The third kappa shape index (κ3) is 3.08. The predicted molar refractivity (Wildman–Crippen MR) is 85.8 cm³/mol. The van der Waals surface area contributed by atoms with Crippen LogP contribution in [0.3, 0.4) is 0 Å². The highest BCUT2D eigenvalue weighted by Gasteiger charge is 2.61. The number of hydrogen-bond donors (Lipinski definition) is 0. The van der Waals surface area contributed by atoms with E-state index in [0.717, 1.165) is 5.57 Å². The maximum atomic E-state index is 14.0. The van der Waals surface area contributed by atoms with Gasteiger partial charge < -0.3 is 4.74 Å². The van der Waals surface area contributed by atoms with Crippen molar-refractivity contribution in [3.8, 4) is 0 Å². The second-order valence-electron chi connectivity index (χ2n) is 7.35. The summed E-state index contributed by atoms with van der Waals surface area (Å²) in [6.45, 7) is 9.87. The maximum absolute atomic E-state index is 14.0. The molecule has 0 saturated heterocycles. The monoisotopic (exact) mass is 340 g/mol.